The highest BCUT2D eigenvalue weighted by molar-refractivity contribution is 7.98. The van der Waals surface area contributed by atoms with Crippen molar-refractivity contribution >= 4 is 21.8 Å². The van der Waals surface area contributed by atoms with Gasteiger partial charge in [-0.2, -0.15) is 4.31 Å². The highest BCUT2D eigenvalue weighted by Gasteiger charge is 2.23. The van der Waals surface area contributed by atoms with Gasteiger partial charge in [0.05, 0.1) is 4.90 Å². The van der Waals surface area contributed by atoms with Gasteiger partial charge in [0.2, 0.25) is 15.2 Å². The predicted octanol–water partition coefficient (Wildman–Crippen LogP) is 3.29. The van der Waals surface area contributed by atoms with Crippen LogP contribution in [-0.2, 0) is 15.8 Å². The monoisotopic (exact) mass is 431 g/mol. The molecule has 1 aromatic heterocycles. The molecule has 2 aromatic carbocycles. The van der Waals surface area contributed by atoms with E-state index in [2.05, 4.69) is 34.5 Å². The number of aryl methyl sites for hydroxylation is 1. The minimum Gasteiger partial charge on any atom is -0.335 e. The van der Waals surface area contributed by atoms with Crippen LogP contribution in [0, 0.1) is 6.92 Å². The average molecular weight is 432 g/mol. The summed E-state index contributed by atoms with van der Waals surface area (Å²) in [7, 11) is -3.56. The van der Waals surface area contributed by atoms with Crippen molar-refractivity contribution in [3.05, 3.63) is 59.7 Å². The Labute approximate surface area is 176 Å². The maximum Gasteiger partial charge on any atom is 0.243 e. The second-order valence-corrected chi connectivity index (χ2v) is 9.45. The first kappa shape index (κ1) is 21.4. The van der Waals surface area contributed by atoms with Crippen LogP contribution in [0.5, 0.6) is 0 Å². The van der Waals surface area contributed by atoms with Gasteiger partial charge in [-0.3, -0.25) is 0 Å². The van der Waals surface area contributed by atoms with Gasteiger partial charge in [-0.15, -0.1) is 10.2 Å². The van der Waals surface area contributed by atoms with E-state index in [4.69, 9.17) is 5.84 Å². The van der Waals surface area contributed by atoms with Gasteiger partial charge in [0.1, 0.15) is 0 Å². The molecule has 9 heteroatoms. The van der Waals surface area contributed by atoms with Crippen LogP contribution >= 0.6 is 11.8 Å². The highest BCUT2D eigenvalue weighted by atomic mass is 32.2. The molecule has 0 aliphatic rings. The lowest BCUT2D eigenvalue weighted by Crippen LogP contribution is -2.30. The van der Waals surface area contributed by atoms with Crippen molar-refractivity contribution in [2.24, 2.45) is 0 Å². The molecule has 0 atom stereocenters. The molecule has 0 aliphatic heterocycles. The molecule has 0 saturated carbocycles. The molecule has 3 rings (SSSR count). The summed E-state index contributed by atoms with van der Waals surface area (Å²) in [5, 5.41) is 8.92. The Kier molecular flexibility index (Phi) is 6.61. The summed E-state index contributed by atoms with van der Waals surface area (Å²) in [6.45, 7) is 6.51. The SMILES string of the molecule is CCN(CC)S(=O)(=O)c1cccc(-c2nnc(SCc3ccc(C)cc3)n2N)c1. The summed E-state index contributed by atoms with van der Waals surface area (Å²) < 4.78 is 28.4. The molecule has 3 aromatic rings. The third-order valence-corrected chi connectivity index (χ3v) is 7.65. The third-order valence-electron chi connectivity index (χ3n) is 4.59. The average Bonchev–Trinajstić information content (AvgIpc) is 3.09. The lowest BCUT2D eigenvalue weighted by atomic mass is 10.2. The lowest BCUT2D eigenvalue weighted by Gasteiger charge is -2.18. The van der Waals surface area contributed by atoms with Gasteiger partial charge >= 0.3 is 0 Å². The minimum absolute atomic E-state index is 0.218. The number of nitrogen functional groups attached to an aromatic ring is 1. The van der Waals surface area contributed by atoms with E-state index in [1.807, 2.05) is 20.8 Å². The summed E-state index contributed by atoms with van der Waals surface area (Å²) in [6.07, 6.45) is 0. The van der Waals surface area contributed by atoms with Crippen molar-refractivity contribution in [1.82, 2.24) is 19.2 Å². The van der Waals surface area contributed by atoms with Gasteiger partial charge in [-0.25, -0.2) is 13.1 Å². The van der Waals surface area contributed by atoms with E-state index in [0.717, 1.165) is 5.56 Å². The summed E-state index contributed by atoms with van der Waals surface area (Å²) in [4.78, 5) is 0.218. The fourth-order valence-electron chi connectivity index (χ4n) is 2.91. The van der Waals surface area contributed by atoms with Crippen molar-refractivity contribution in [2.45, 2.75) is 36.6 Å². The van der Waals surface area contributed by atoms with E-state index in [0.29, 0.717) is 35.4 Å². The second-order valence-electron chi connectivity index (χ2n) is 6.57. The number of benzene rings is 2. The molecule has 2 N–H and O–H groups in total. The summed E-state index contributed by atoms with van der Waals surface area (Å²) in [5.74, 6) is 7.34. The van der Waals surface area contributed by atoms with Gasteiger partial charge < -0.3 is 5.84 Å². The van der Waals surface area contributed by atoms with Crippen LogP contribution in [0.3, 0.4) is 0 Å². The number of hydrogen-bond acceptors (Lipinski definition) is 6. The molecule has 0 saturated heterocycles. The zero-order valence-corrected chi connectivity index (χ0v) is 18.4. The van der Waals surface area contributed by atoms with E-state index >= 15 is 0 Å². The number of sulfonamides is 1. The van der Waals surface area contributed by atoms with Gasteiger partial charge in [0.15, 0.2) is 5.82 Å². The second kappa shape index (κ2) is 8.98. The summed E-state index contributed by atoms with van der Waals surface area (Å²) in [5.41, 5.74) is 2.98. The van der Waals surface area contributed by atoms with Crippen LogP contribution in [0.2, 0.25) is 0 Å². The molecule has 154 valence electrons. The van der Waals surface area contributed by atoms with Crippen molar-refractivity contribution in [1.29, 1.82) is 0 Å². The Morgan fingerprint density at radius 3 is 2.41 bits per heavy atom. The van der Waals surface area contributed by atoms with Gasteiger partial charge in [0, 0.05) is 24.4 Å². The number of rotatable bonds is 8. The van der Waals surface area contributed by atoms with E-state index in [9.17, 15) is 8.42 Å². The van der Waals surface area contributed by atoms with Crippen molar-refractivity contribution < 1.29 is 8.42 Å². The predicted molar refractivity (Wildman–Crippen MR) is 116 cm³/mol. The first-order chi connectivity index (χ1) is 13.9. The van der Waals surface area contributed by atoms with Crippen molar-refractivity contribution in [3.63, 3.8) is 0 Å². The molecule has 29 heavy (non-hydrogen) atoms. The van der Waals surface area contributed by atoms with Crippen LogP contribution in [-0.4, -0.2) is 40.7 Å². The Balaban J connectivity index is 1.84. The minimum atomic E-state index is -3.56. The van der Waals surface area contributed by atoms with Crippen molar-refractivity contribution in [3.8, 4) is 11.4 Å². The Bertz CT molecular complexity index is 1070. The zero-order chi connectivity index (χ0) is 21.0. The summed E-state index contributed by atoms with van der Waals surface area (Å²) in [6, 6.07) is 14.9. The molecule has 0 amide bonds. The Morgan fingerprint density at radius 2 is 1.76 bits per heavy atom. The van der Waals surface area contributed by atoms with Crippen LogP contribution in [0.4, 0.5) is 0 Å². The standard InChI is InChI=1S/C20H25N5O2S2/c1-4-24(5-2)29(26,27)18-8-6-7-17(13-18)19-22-23-20(25(19)21)28-14-16-11-9-15(3)10-12-16/h6-13H,4-5,14,21H2,1-3H3. The number of nitrogens with two attached hydrogens (primary N) is 1. The Morgan fingerprint density at radius 1 is 1.07 bits per heavy atom. The van der Waals surface area contributed by atoms with E-state index in [1.165, 1.54) is 26.3 Å². The fraction of sp³-hybridized carbons (Fsp3) is 0.300. The molecular formula is C20H25N5O2S2. The number of thioether (sulfide) groups is 1. The number of hydrogen-bond donors (Lipinski definition) is 1. The maximum absolute atomic E-state index is 12.8. The molecule has 0 aliphatic carbocycles. The largest absolute Gasteiger partial charge is 0.335 e. The maximum atomic E-state index is 12.8. The fourth-order valence-corrected chi connectivity index (χ4v) is 5.23. The topological polar surface area (TPSA) is 94.1 Å². The number of nitrogens with zero attached hydrogens (tertiary/aromatic N) is 4. The van der Waals surface area contributed by atoms with Crippen LogP contribution in [0.1, 0.15) is 25.0 Å². The highest BCUT2D eigenvalue weighted by Crippen LogP contribution is 2.26. The molecular weight excluding hydrogens is 406 g/mol. The van der Waals surface area contributed by atoms with E-state index in [1.54, 1.807) is 24.3 Å². The first-order valence-electron chi connectivity index (χ1n) is 9.36. The molecule has 0 spiro atoms. The normalized spacial score (nSPS) is 11.9. The molecule has 1 heterocycles. The van der Waals surface area contributed by atoms with Crippen LogP contribution in [0.15, 0.2) is 58.6 Å². The molecule has 7 nitrogen and oxygen atoms in total. The lowest BCUT2D eigenvalue weighted by molar-refractivity contribution is 0.445. The van der Waals surface area contributed by atoms with Crippen molar-refractivity contribution in [2.75, 3.05) is 18.9 Å². The van der Waals surface area contributed by atoms with Gasteiger partial charge in [0.25, 0.3) is 0 Å². The van der Waals surface area contributed by atoms with E-state index < -0.39 is 10.0 Å². The molecule has 0 radical (unpaired) electrons. The first-order valence-corrected chi connectivity index (χ1v) is 11.8. The van der Waals surface area contributed by atoms with Crippen LogP contribution in [0.25, 0.3) is 11.4 Å². The van der Waals surface area contributed by atoms with Gasteiger partial charge in [-0.05, 0) is 24.6 Å². The van der Waals surface area contributed by atoms with Crippen LogP contribution < -0.4 is 5.84 Å². The molecule has 0 fully saturated rings. The number of aromatic nitrogens is 3. The quantitative estimate of drug-likeness (QED) is 0.434. The smallest absolute Gasteiger partial charge is 0.243 e. The molecule has 0 unspecified atom stereocenters. The summed E-state index contributed by atoms with van der Waals surface area (Å²) >= 11 is 1.48. The Hall–Kier alpha value is -2.36. The van der Waals surface area contributed by atoms with Gasteiger partial charge in [-0.1, -0.05) is 67.6 Å². The third kappa shape index (κ3) is 4.63. The van der Waals surface area contributed by atoms with E-state index in [-0.39, 0.29) is 4.90 Å². The zero-order valence-electron chi connectivity index (χ0n) is 16.7. The molecule has 0 bridgehead atoms.